The van der Waals surface area contributed by atoms with E-state index in [2.05, 4.69) is 47.3 Å². The number of hydrogen-bond donors (Lipinski definition) is 4. The molecule has 1 saturated heterocycles. The number of nitrogens with one attached hydrogen (secondary N) is 3. The minimum Gasteiger partial charge on any atom is -0.374 e. The number of aromatic nitrogens is 6. The van der Waals surface area contributed by atoms with E-state index in [1.165, 1.54) is 6.07 Å². The van der Waals surface area contributed by atoms with Crippen molar-refractivity contribution in [3.8, 4) is 22.6 Å². The van der Waals surface area contributed by atoms with Crippen LogP contribution >= 0.6 is 0 Å². The second-order valence-electron chi connectivity index (χ2n) is 10.6. The lowest BCUT2D eigenvalue weighted by Gasteiger charge is -2.33. The zero-order valence-corrected chi connectivity index (χ0v) is 22.2. The maximum absolute atomic E-state index is 15.3. The van der Waals surface area contributed by atoms with E-state index in [1.54, 1.807) is 18.6 Å². The molecule has 1 unspecified atom stereocenters. The topological polar surface area (TPSA) is 122 Å². The highest BCUT2D eigenvalue weighted by molar-refractivity contribution is 5.97. The second kappa shape index (κ2) is 10.2. The van der Waals surface area contributed by atoms with Crippen molar-refractivity contribution in [2.45, 2.75) is 26.5 Å². The predicted molar refractivity (Wildman–Crippen MR) is 151 cm³/mol. The summed E-state index contributed by atoms with van der Waals surface area (Å²) >= 11 is 0. The van der Waals surface area contributed by atoms with Gasteiger partial charge in [0.2, 0.25) is 0 Å². The van der Waals surface area contributed by atoms with E-state index in [9.17, 15) is 5.11 Å². The zero-order valence-electron chi connectivity index (χ0n) is 22.2. The number of halogens is 1. The molecule has 4 aromatic heterocycles. The molecule has 1 aromatic carbocycles. The Kier molecular flexibility index (Phi) is 6.61. The van der Waals surface area contributed by atoms with E-state index in [0.717, 1.165) is 37.4 Å². The number of hydrogen-bond acceptors (Lipinski definition) is 8. The molecule has 0 bridgehead atoms. The summed E-state index contributed by atoms with van der Waals surface area (Å²) in [5.74, 6) is 0.435. The van der Waals surface area contributed by atoms with Crippen molar-refractivity contribution in [1.29, 1.82) is 0 Å². The first-order chi connectivity index (χ1) is 18.9. The Balaban J connectivity index is 1.36. The minimum atomic E-state index is -0.695. The smallest absolute Gasteiger partial charge is 0.161 e. The average molecular weight is 530 g/mol. The van der Waals surface area contributed by atoms with Gasteiger partial charge in [-0.25, -0.2) is 14.4 Å². The van der Waals surface area contributed by atoms with Gasteiger partial charge in [0.25, 0.3) is 0 Å². The molecule has 0 radical (unpaired) electrons. The molecule has 1 aliphatic rings. The van der Waals surface area contributed by atoms with Gasteiger partial charge in [-0.3, -0.25) is 10.1 Å². The van der Waals surface area contributed by atoms with Crippen molar-refractivity contribution in [2.24, 2.45) is 5.92 Å². The molecule has 39 heavy (non-hydrogen) atoms. The Labute approximate surface area is 225 Å². The molecule has 4 N–H and O–H groups in total. The number of nitrogens with zero attached hydrogens (tertiary/aromatic N) is 6. The second-order valence-corrected chi connectivity index (χ2v) is 10.6. The lowest BCUT2D eigenvalue weighted by Crippen LogP contribution is -2.44. The summed E-state index contributed by atoms with van der Waals surface area (Å²) in [5.41, 5.74) is 5.30. The first-order valence-corrected chi connectivity index (χ1v) is 13.2. The summed E-state index contributed by atoms with van der Waals surface area (Å²) in [4.78, 5) is 21.6. The number of aliphatic hydroxyl groups excluding tert-OH is 1. The van der Waals surface area contributed by atoms with E-state index in [0.29, 0.717) is 57.2 Å². The fourth-order valence-electron chi connectivity index (χ4n) is 5.11. The molecule has 0 amide bonds. The van der Waals surface area contributed by atoms with Crippen molar-refractivity contribution in [2.75, 3.05) is 43.4 Å². The average Bonchev–Trinajstić information content (AvgIpc) is 3.53. The number of fused-ring (bicyclic) bond motifs is 2. The molecule has 5 heterocycles. The fraction of sp³-hybridized carbons (Fsp3) is 0.357. The minimum absolute atomic E-state index is 0.302. The lowest BCUT2D eigenvalue weighted by atomic mass is 10.0. The standard InChI is InChI=1S/C28H32FN9O/c1-16(2)10-23(39)32-19-11-18(14-30-15-19)17-12-20-24(21(29)13-17)35-36-25(20)28-33-26-22(4-5-31-27(26)34-28)38-8-6-37(3)7-9-38/h4-5,11-16,23,32,39H,6-10H2,1-3H3,(H,35,36)(H,31,33,34). The molecule has 1 fully saturated rings. The Morgan fingerprint density at radius 3 is 2.72 bits per heavy atom. The number of pyridine rings is 2. The quantitative estimate of drug-likeness (QED) is 0.231. The van der Waals surface area contributed by atoms with Crippen LogP contribution in [0.5, 0.6) is 0 Å². The van der Waals surface area contributed by atoms with E-state index >= 15 is 4.39 Å². The van der Waals surface area contributed by atoms with Gasteiger partial charge in [0, 0.05) is 49.5 Å². The lowest BCUT2D eigenvalue weighted by molar-refractivity contribution is 0.176. The molecule has 0 spiro atoms. The van der Waals surface area contributed by atoms with Crippen LogP contribution in [0.1, 0.15) is 20.3 Å². The Bertz CT molecular complexity index is 1620. The van der Waals surface area contributed by atoms with Crippen LogP contribution in [0.3, 0.4) is 0 Å². The van der Waals surface area contributed by atoms with Crippen LogP contribution < -0.4 is 10.2 Å². The highest BCUT2D eigenvalue weighted by Crippen LogP contribution is 2.34. The van der Waals surface area contributed by atoms with E-state index in [4.69, 9.17) is 4.98 Å². The largest absolute Gasteiger partial charge is 0.374 e. The van der Waals surface area contributed by atoms with Crippen LogP contribution in [0.2, 0.25) is 0 Å². The van der Waals surface area contributed by atoms with Gasteiger partial charge < -0.3 is 25.2 Å². The molecular weight excluding hydrogens is 497 g/mol. The maximum Gasteiger partial charge on any atom is 0.161 e. The summed E-state index contributed by atoms with van der Waals surface area (Å²) in [6, 6.07) is 7.18. The first-order valence-electron chi connectivity index (χ1n) is 13.2. The van der Waals surface area contributed by atoms with Crippen LogP contribution in [-0.4, -0.2) is 79.6 Å². The molecule has 6 rings (SSSR count). The summed E-state index contributed by atoms with van der Waals surface area (Å²) in [5, 5.41) is 21.2. The van der Waals surface area contributed by atoms with Gasteiger partial charge >= 0.3 is 0 Å². The van der Waals surface area contributed by atoms with Crippen molar-refractivity contribution in [1.82, 2.24) is 35.0 Å². The third kappa shape index (κ3) is 5.02. The molecule has 1 atom stereocenters. The van der Waals surface area contributed by atoms with Crippen molar-refractivity contribution >= 4 is 33.4 Å². The molecular formula is C28H32FN9O. The molecule has 1 aliphatic heterocycles. The third-order valence-corrected chi connectivity index (χ3v) is 7.16. The highest BCUT2D eigenvalue weighted by atomic mass is 19.1. The monoisotopic (exact) mass is 529 g/mol. The van der Waals surface area contributed by atoms with Crippen LogP contribution in [0.25, 0.3) is 44.7 Å². The number of aliphatic hydroxyl groups is 1. The number of anilines is 2. The zero-order chi connectivity index (χ0) is 27.1. The normalized spacial score (nSPS) is 15.5. The van der Waals surface area contributed by atoms with Gasteiger partial charge in [-0.1, -0.05) is 13.8 Å². The Morgan fingerprint density at radius 2 is 1.92 bits per heavy atom. The SMILES string of the molecule is CC(C)CC(O)Nc1cncc(-c2cc(F)c3[nH]nc(-c4nc5c(N6CCN(C)CC6)ccnc5[nH]4)c3c2)c1. The van der Waals surface area contributed by atoms with E-state index in [1.807, 2.05) is 32.0 Å². The van der Waals surface area contributed by atoms with Crippen molar-refractivity contribution in [3.63, 3.8) is 0 Å². The number of imidazole rings is 1. The van der Waals surface area contributed by atoms with Crippen LogP contribution in [0.4, 0.5) is 15.8 Å². The predicted octanol–water partition coefficient (Wildman–Crippen LogP) is 4.23. The van der Waals surface area contributed by atoms with Crippen molar-refractivity contribution in [3.05, 3.63) is 48.7 Å². The highest BCUT2D eigenvalue weighted by Gasteiger charge is 2.21. The number of aromatic amines is 2. The maximum atomic E-state index is 15.3. The number of likely N-dealkylation sites (N-methyl/N-ethyl adjacent to an activating group) is 1. The van der Waals surface area contributed by atoms with E-state index < -0.39 is 12.0 Å². The molecule has 0 aliphatic carbocycles. The molecule has 11 heteroatoms. The molecule has 5 aromatic rings. The van der Waals surface area contributed by atoms with Gasteiger partial charge in [-0.2, -0.15) is 5.10 Å². The first kappa shape index (κ1) is 25.2. The molecule has 10 nitrogen and oxygen atoms in total. The van der Waals surface area contributed by atoms with Gasteiger partial charge in [-0.15, -0.1) is 0 Å². The fourth-order valence-corrected chi connectivity index (χ4v) is 5.11. The number of H-pyrrole nitrogens is 2. The van der Waals surface area contributed by atoms with Crippen LogP contribution in [-0.2, 0) is 0 Å². The van der Waals surface area contributed by atoms with Gasteiger partial charge in [0.05, 0.1) is 17.6 Å². The summed E-state index contributed by atoms with van der Waals surface area (Å²) < 4.78 is 15.3. The Morgan fingerprint density at radius 1 is 1.10 bits per heavy atom. The Hall–Kier alpha value is -4.09. The van der Waals surface area contributed by atoms with E-state index in [-0.39, 0.29) is 0 Å². The van der Waals surface area contributed by atoms with Gasteiger partial charge in [-0.05, 0) is 49.2 Å². The molecule has 202 valence electrons. The summed E-state index contributed by atoms with van der Waals surface area (Å²) in [6.07, 6.45) is 5.01. The third-order valence-electron chi connectivity index (χ3n) is 7.16. The summed E-state index contributed by atoms with van der Waals surface area (Å²) in [7, 11) is 2.13. The number of benzene rings is 1. The van der Waals surface area contributed by atoms with Crippen LogP contribution in [0.15, 0.2) is 42.9 Å². The number of rotatable bonds is 7. The van der Waals surface area contributed by atoms with Crippen molar-refractivity contribution < 1.29 is 9.50 Å². The van der Waals surface area contributed by atoms with Crippen LogP contribution in [0, 0.1) is 11.7 Å². The summed E-state index contributed by atoms with van der Waals surface area (Å²) in [6.45, 7) is 7.88. The molecule has 0 saturated carbocycles. The van der Waals surface area contributed by atoms with Gasteiger partial charge in [0.15, 0.2) is 11.5 Å². The number of piperazine rings is 1. The van der Waals surface area contributed by atoms with Gasteiger partial charge in [0.1, 0.15) is 28.8 Å².